The average molecular weight is 419 g/mol. The van der Waals surface area contributed by atoms with Gasteiger partial charge in [-0.15, -0.1) is 0 Å². The number of allylic oxidation sites excluding steroid dienone is 4. The van der Waals surface area contributed by atoms with Crippen molar-refractivity contribution in [1.82, 2.24) is 0 Å². The highest BCUT2D eigenvalue weighted by molar-refractivity contribution is 5.72. The summed E-state index contributed by atoms with van der Waals surface area (Å²) in [6, 6.07) is 29.8. The van der Waals surface area contributed by atoms with Crippen molar-refractivity contribution in [3.63, 3.8) is 0 Å². The van der Waals surface area contributed by atoms with E-state index in [4.69, 9.17) is 0 Å². The van der Waals surface area contributed by atoms with Gasteiger partial charge >= 0.3 is 0 Å². The van der Waals surface area contributed by atoms with Crippen molar-refractivity contribution < 1.29 is 0 Å². The van der Waals surface area contributed by atoms with E-state index in [0.717, 1.165) is 31.3 Å². The standard InChI is InChI=1S/C32H34/c1-5-28-21-23-29(24-22-28)14-12-13-25(2)19-20-26(3)32(31-17-10-7-11-18-31)27(4)30-15-8-6-9-16-30/h6-12,14-18,21-24,32H,2-5,13,19-20H2,1H3/b14-12+. The van der Waals surface area contributed by atoms with Crippen LogP contribution in [-0.4, -0.2) is 0 Å². The Bertz CT molecular complexity index is 1050. The van der Waals surface area contributed by atoms with Crippen molar-refractivity contribution in [3.8, 4) is 0 Å². The lowest BCUT2D eigenvalue weighted by atomic mass is 9.81. The Morgan fingerprint density at radius 2 is 1.41 bits per heavy atom. The third-order valence-electron chi connectivity index (χ3n) is 5.94. The van der Waals surface area contributed by atoms with Crippen LogP contribution in [0.2, 0.25) is 0 Å². The Kier molecular flexibility index (Phi) is 8.63. The maximum Gasteiger partial charge on any atom is 0.0296 e. The maximum atomic E-state index is 4.47. The van der Waals surface area contributed by atoms with Crippen LogP contribution in [0.1, 0.15) is 54.4 Å². The van der Waals surface area contributed by atoms with Crippen LogP contribution in [0.5, 0.6) is 0 Å². The van der Waals surface area contributed by atoms with Gasteiger partial charge in [-0.25, -0.2) is 0 Å². The minimum Gasteiger partial charge on any atom is -0.0995 e. The normalized spacial score (nSPS) is 11.9. The van der Waals surface area contributed by atoms with Crippen LogP contribution in [0.15, 0.2) is 122 Å². The van der Waals surface area contributed by atoms with Crippen LogP contribution < -0.4 is 0 Å². The van der Waals surface area contributed by atoms with Crippen LogP contribution in [0.3, 0.4) is 0 Å². The summed E-state index contributed by atoms with van der Waals surface area (Å²) < 4.78 is 0. The molecule has 1 atom stereocenters. The number of benzene rings is 3. The minimum atomic E-state index is 0.110. The van der Waals surface area contributed by atoms with Gasteiger partial charge in [-0.2, -0.15) is 0 Å². The Hall–Kier alpha value is -3.38. The van der Waals surface area contributed by atoms with Crippen LogP contribution in [-0.2, 0) is 6.42 Å². The lowest BCUT2D eigenvalue weighted by Crippen LogP contribution is -2.05. The second-order valence-electron chi connectivity index (χ2n) is 8.34. The number of hydrogen-bond donors (Lipinski definition) is 0. The van der Waals surface area contributed by atoms with Crippen LogP contribution in [0, 0.1) is 0 Å². The SMILES string of the molecule is C=C(C/C=C/c1ccc(CC)cc1)CCC(=C)C(C(=C)c1ccccc1)c1ccccc1. The molecule has 162 valence electrons. The molecule has 0 saturated carbocycles. The van der Waals surface area contributed by atoms with Crippen LogP contribution >= 0.6 is 0 Å². The molecule has 0 nitrogen and oxygen atoms in total. The van der Waals surface area contributed by atoms with Crippen molar-refractivity contribution in [2.75, 3.05) is 0 Å². The topological polar surface area (TPSA) is 0 Å². The first-order chi connectivity index (χ1) is 15.6. The first-order valence-corrected chi connectivity index (χ1v) is 11.5. The highest BCUT2D eigenvalue weighted by Gasteiger charge is 2.19. The van der Waals surface area contributed by atoms with Gasteiger partial charge in [0.25, 0.3) is 0 Å². The van der Waals surface area contributed by atoms with Gasteiger partial charge in [-0.1, -0.05) is 135 Å². The smallest absolute Gasteiger partial charge is 0.0296 e. The number of aryl methyl sites for hydroxylation is 1. The maximum absolute atomic E-state index is 4.47. The van der Waals surface area contributed by atoms with Gasteiger partial charge < -0.3 is 0 Å². The molecule has 1 unspecified atom stereocenters. The Morgan fingerprint density at radius 3 is 2.03 bits per heavy atom. The van der Waals surface area contributed by atoms with E-state index in [1.807, 2.05) is 6.07 Å². The molecule has 0 aliphatic carbocycles. The summed E-state index contributed by atoms with van der Waals surface area (Å²) in [5.74, 6) is 0.110. The fourth-order valence-electron chi connectivity index (χ4n) is 3.96. The summed E-state index contributed by atoms with van der Waals surface area (Å²) in [6.45, 7) is 15.4. The van der Waals surface area contributed by atoms with E-state index in [1.165, 1.54) is 33.4 Å². The molecule has 0 spiro atoms. The predicted molar refractivity (Wildman–Crippen MR) is 142 cm³/mol. The molecular weight excluding hydrogens is 384 g/mol. The zero-order valence-electron chi connectivity index (χ0n) is 19.3. The van der Waals surface area contributed by atoms with Gasteiger partial charge in [0.15, 0.2) is 0 Å². The van der Waals surface area contributed by atoms with Crippen molar-refractivity contribution in [2.45, 2.75) is 38.5 Å². The summed E-state index contributed by atoms with van der Waals surface area (Å²) in [7, 11) is 0. The zero-order valence-corrected chi connectivity index (χ0v) is 19.3. The van der Waals surface area contributed by atoms with Gasteiger partial charge in [-0.05, 0) is 53.5 Å². The minimum absolute atomic E-state index is 0.110. The van der Waals surface area contributed by atoms with Gasteiger partial charge in [0.1, 0.15) is 0 Å². The molecule has 0 radical (unpaired) electrons. The summed E-state index contributed by atoms with van der Waals surface area (Å²) in [5, 5.41) is 0. The van der Waals surface area contributed by atoms with Crippen molar-refractivity contribution >= 4 is 11.6 Å². The molecule has 0 N–H and O–H groups in total. The monoisotopic (exact) mass is 418 g/mol. The third kappa shape index (κ3) is 6.56. The Labute approximate surface area is 194 Å². The zero-order chi connectivity index (χ0) is 22.8. The predicted octanol–water partition coefficient (Wildman–Crippen LogP) is 9.04. The largest absolute Gasteiger partial charge is 0.0995 e. The van der Waals surface area contributed by atoms with Gasteiger partial charge in [-0.3, -0.25) is 0 Å². The molecule has 3 aromatic carbocycles. The van der Waals surface area contributed by atoms with Crippen molar-refractivity contribution in [1.29, 1.82) is 0 Å². The molecule has 32 heavy (non-hydrogen) atoms. The molecule has 0 heterocycles. The molecule has 0 heteroatoms. The van der Waals surface area contributed by atoms with E-state index in [1.54, 1.807) is 0 Å². The van der Waals surface area contributed by atoms with Gasteiger partial charge in [0.2, 0.25) is 0 Å². The van der Waals surface area contributed by atoms with E-state index in [9.17, 15) is 0 Å². The molecular formula is C32H34. The van der Waals surface area contributed by atoms with Crippen LogP contribution in [0.25, 0.3) is 11.6 Å². The number of rotatable bonds is 11. The van der Waals surface area contributed by atoms with E-state index < -0.39 is 0 Å². The fraction of sp³-hybridized carbons (Fsp3) is 0.188. The molecule has 0 aliphatic rings. The first-order valence-electron chi connectivity index (χ1n) is 11.5. The highest BCUT2D eigenvalue weighted by atomic mass is 14.2. The summed E-state index contributed by atoms with van der Waals surface area (Å²) in [5.41, 5.74) is 8.53. The van der Waals surface area contributed by atoms with Gasteiger partial charge in [0, 0.05) is 5.92 Å². The Balaban J connectivity index is 1.61. The van der Waals surface area contributed by atoms with E-state index in [0.29, 0.717) is 0 Å². The quantitative estimate of drug-likeness (QED) is 0.272. The molecule has 0 bridgehead atoms. The second kappa shape index (κ2) is 11.9. The molecule has 3 rings (SSSR count). The molecule has 0 saturated heterocycles. The first kappa shape index (κ1) is 23.3. The third-order valence-corrected chi connectivity index (χ3v) is 5.94. The number of hydrogen-bond acceptors (Lipinski definition) is 0. The van der Waals surface area contributed by atoms with Crippen LogP contribution in [0.4, 0.5) is 0 Å². The summed E-state index contributed by atoms with van der Waals surface area (Å²) >= 11 is 0. The molecule has 0 aliphatic heterocycles. The van der Waals surface area contributed by atoms with E-state index in [-0.39, 0.29) is 5.92 Å². The fourth-order valence-corrected chi connectivity index (χ4v) is 3.96. The van der Waals surface area contributed by atoms with Crippen molar-refractivity contribution in [2.24, 2.45) is 0 Å². The molecule has 3 aromatic rings. The Morgan fingerprint density at radius 1 is 0.781 bits per heavy atom. The molecule has 0 aromatic heterocycles. The van der Waals surface area contributed by atoms with E-state index >= 15 is 0 Å². The second-order valence-corrected chi connectivity index (χ2v) is 8.34. The van der Waals surface area contributed by atoms with Gasteiger partial charge in [0.05, 0.1) is 0 Å². The average Bonchev–Trinajstić information content (AvgIpc) is 2.84. The lowest BCUT2D eigenvalue weighted by molar-refractivity contribution is 0.842. The molecule has 0 amide bonds. The molecule has 0 fully saturated rings. The lowest BCUT2D eigenvalue weighted by Gasteiger charge is -2.23. The van der Waals surface area contributed by atoms with Crippen molar-refractivity contribution in [3.05, 3.63) is 144 Å². The van der Waals surface area contributed by atoms with E-state index in [2.05, 4.69) is 118 Å². The highest BCUT2D eigenvalue weighted by Crippen LogP contribution is 2.38. The summed E-state index contributed by atoms with van der Waals surface area (Å²) in [6.07, 6.45) is 8.20. The summed E-state index contributed by atoms with van der Waals surface area (Å²) in [4.78, 5) is 0.